The highest BCUT2D eigenvalue weighted by Gasteiger charge is 2.05. The second-order valence-corrected chi connectivity index (χ2v) is 4.89. The highest BCUT2D eigenvalue weighted by molar-refractivity contribution is 6.32. The van der Waals surface area contributed by atoms with E-state index >= 15 is 0 Å². The van der Waals surface area contributed by atoms with Gasteiger partial charge in [-0.25, -0.2) is 0 Å². The summed E-state index contributed by atoms with van der Waals surface area (Å²) in [4.78, 5) is 0. The van der Waals surface area contributed by atoms with Crippen LogP contribution in [0, 0.1) is 6.92 Å². The third-order valence-electron chi connectivity index (χ3n) is 2.55. The van der Waals surface area contributed by atoms with Crippen LogP contribution in [0.3, 0.4) is 0 Å². The molecule has 94 valence electrons. The fourth-order valence-corrected chi connectivity index (χ4v) is 1.97. The van der Waals surface area contributed by atoms with Gasteiger partial charge in [-0.05, 0) is 36.8 Å². The number of aryl methyl sites for hydroxylation is 1. The van der Waals surface area contributed by atoms with Crippen LogP contribution in [-0.2, 0) is 6.61 Å². The Bertz CT molecular complexity index is 570. The van der Waals surface area contributed by atoms with E-state index in [-0.39, 0.29) is 0 Å². The predicted octanol–water partition coefficient (Wildman–Crippen LogP) is 4.46. The molecule has 0 aliphatic rings. The smallest absolute Gasteiger partial charge is 0.138 e. The van der Waals surface area contributed by atoms with Gasteiger partial charge < -0.3 is 10.5 Å². The lowest BCUT2D eigenvalue weighted by atomic mass is 10.2. The number of anilines is 1. The van der Waals surface area contributed by atoms with Crippen LogP contribution in [0.4, 0.5) is 5.69 Å². The summed E-state index contributed by atoms with van der Waals surface area (Å²) in [6.07, 6.45) is 0. The molecule has 0 saturated heterocycles. The first-order valence-electron chi connectivity index (χ1n) is 5.49. The Morgan fingerprint density at radius 2 is 1.83 bits per heavy atom. The molecule has 0 spiro atoms. The Kier molecular flexibility index (Phi) is 4.00. The summed E-state index contributed by atoms with van der Waals surface area (Å²) >= 11 is 12.1. The maximum atomic E-state index is 6.07. The highest BCUT2D eigenvalue weighted by Crippen LogP contribution is 2.27. The molecule has 0 atom stereocenters. The largest absolute Gasteiger partial charge is 0.487 e. The van der Waals surface area contributed by atoms with Crippen LogP contribution in [0.5, 0.6) is 5.75 Å². The lowest BCUT2D eigenvalue weighted by Crippen LogP contribution is -1.98. The van der Waals surface area contributed by atoms with Gasteiger partial charge in [-0.1, -0.05) is 35.3 Å². The Morgan fingerprint density at radius 1 is 1.06 bits per heavy atom. The zero-order valence-electron chi connectivity index (χ0n) is 9.91. The molecule has 4 heteroatoms. The highest BCUT2D eigenvalue weighted by atomic mass is 35.5. The number of nitrogens with two attached hydrogens (primary N) is 1. The monoisotopic (exact) mass is 281 g/mol. The maximum Gasteiger partial charge on any atom is 0.138 e. The summed E-state index contributed by atoms with van der Waals surface area (Å²) in [5, 5.41) is 1.19. The van der Waals surface area contributed by atoms with Crippen molar-refractivity contribution in [2.75, 3.05) is 5.73 Å². The molecule has 18 heavy (non-hydrogen) atoms. The van der Waals surface area contributed by atoms with Crippen LogP contribution in [0.25, 0.3) is 0 Å². The second kappa shape index (κ2) is 5.51. The van der Waals surface area contributed by atoms with Crippen LogP contribution in [0.2, 0.25) is 10.0 Å². The minimum atomic E-state index is 0.363. The van der Waals surface area contributed by atoms with E-state index < -0.39 is 0 Å². The summed E-state index contributed by atoms with van der Waals surface area (Å²) in [5.74, 6) is 0.657. The molecule has 0 aliphatic heterocycles. The van der Waals surface area contributed by atoms with E-state index in [1.165, 1.54) is 0 Å². The Balaban J connectivity index is 2.13. The first-order valence-corrected chi connectivity index (χ1v) is 6.24. The average Bonchev–Trinajstić information content (AvgIpc) is 2.32. The fraction of sp³-hybridized carbons (Fsp3) is 0.143. The zero-order chi connectivity index (χ0) is 13.1. The van der Waals surface area contributed by atoms with Crippen LogP contribution in [-0.4, -0.2) is 0 Å². The number of hydrogen-bond acceptors (Lipinski definition) is 2. The fourth-order valence-electron chi connectivity index (χ4n) is 1.56. The van der Waals surface area contributed by atoms with Gasteiger partial charge >= 0.3 is 0 Å². The second-order valence-electron chi connectivity index (χ2n) is 4.07. The molecule has 2 nitrogen and oxygen atoms in total. The number of ether oxygens (including phenoxy) is 1. The van der Waals surface area contributed by atoms with Crippen molar-refractivity contribution in [1.82, 2.24) is 0 Å². The molecule has 2 N–H and O–H groups in total. The molecule has 2 aromatic carbocycles. The number of nitrogen functional groups attached to an aromatic ring is 1. The van der Waals surface area contributed by atoms with Crippen LogP contribution < -0.4 is 10.5 Å². The van der Waals surface area contributed by atoms with Crippen molar-refractivity contribution in [3.63, 3.8) is 0 Å². The third kappa shape index (κ3) is 3.09. The van der Waals surface area contributed by atoms with E-state index in [1.54, 1.807) is 12.1 Å². The first-order chi connectivity index (χ1) is 8.56. The van der Waals surface area contributed by atoms with Crippen molar-refractivity contribution >= 4 is 28.9 Å². The van der Waals surface area contributed by atoms with Crippen LogP contribution in [0.15, 0.2) is 36.4 Å². The van der Waals surface area contributed by atoms with E-state index in [2.05, 4.69) is 0 Å². The van der Waals surface area contributed by atoms with Crippen LogP contribution >= 0.6 is 23.2 Å². The summed E-state index contributed by atoms with van der Waals surface area (Å²) in [5.41, 5.74) is 8.24. The van der Waals surface area contributed by atoms with Gasteiger partial charge in [0.05, 0.1) is 5.02 Å². The predicted molar refractivity (Wildman–Crippen MR) is 76.4 cm³/mol. The SMILES string of the molecule is Cc1ccc(Cl)c(OCc2ccc(N)cc2Cl)c1. The van der Waals surface area contributed by atoms with Gasteiger partial charge in [-0.3, -0.25) is 0 Å². The van der Waals surface area contributed by atoms with Gasteiger partial charge in [0.1, 0.15) is 12.4 Å². The molecule has 2 rings (SSSR count). The third-order valence-corrected chi connectivity index (χ3v) is 3.21. The first kappa shape index (κ1) is 13.1. The van der Waals surface area contributed by atoms with Crippen molar-refractivity contribution < 1.29 is 4.74 Å². The zero-order valence-corrected chi connectivity index (χ0v) is 11.4. The molecule has 0 bridgehead atoms. The molecule has 0 heterocycles. The average molecular weight is 282 g/mol. The van der Waals surface area contributed by atoms with E-state index in [9.17, 15) is 0 Å². The standard InChI is InChI=1S/C14H13Cl2NO/c1-9-2-5-12(15)14(6-9)18-8-10-3-4-11(17)7-13(10)16/h2-7H,8,17H2,1H3. The Morgan fingerprint density at radius 3 is 2.56 bits per heavy atom. The quantitative estimate of drug-likeness (QED) is 0.843. The Labute approximate surface area is 116 Å². The number of halogens is 2. The van der Waals surface area contributed by atoms with Crippen molar-refractivity contribution in [3.05, 3.63) is 57.6 Å². The number of benzene rings is 2. The lowest BCUT2D eigenvalue weighted by molar-refractivity contribution is 0.306. The normalized spacial score (nSPS) is 10.4. The molecule has 0 radical (unpaired) electrons. The van der Waals surface area contributed by atoms with Crippen LogP contribution in [0.1, 0.15) is 11.1 Å². The van der Waals surface area contributed by atoms with Gasteiger partial charge in [-0.2, -0.15) is 0 Å². The minimum Gasteiger partial charge on any atom is -0.487 e. The molecule has 0 unspecified atom stereocenters. The lowest BCUT2D eigenvalue weighted by Gasteiger charge is -2.10. The van der Waals surface area contributed by atoms with Gasteiger partial charge in [0.15, 0.2) is 0 Å². The number of hydrogen-bond donors (Lipinski definition) is 1. The molecule has 0 amide bonds. The summed E-state index contributed by atoms with van der Waals surface area (Å²) in [6, 6.07) is 11.0. The van der Waals surface area contributed by atoms with Crippen molar-refractivity contribution in [3.8, 4) is 5.75 Å². The number of rotatable bonds is 3. The molecule has 0 saturated carbocycles. The van der Waals surface area contributed by atoms with Gasteiger partial charge in [0.25, 0.3) is 0 Å². The summed E-state index contributed by atoms with van der Waals surface area (Å²) in [7, 11) is 0. The molecule has 0 aliphatic carbocycles. The van der Waals surface area contributed by atoms with E-state index in [4.69, 9.17) is 33.7 Å². The molecule has 0 fully saturated rings. The van der Waals surface area contributed by atoms with Crippen molar-refractivity contribution in [1.29, 1.82) is 0 Å². The maximum absolute atomic E-state index is 6.07. The van der Waals surface area contributed by atoms with Gasteiger partial charge in [0, 0.05) is 16.3 Å². The Hall–Kier alpha value is -1.38. The summed E-state index contributed by atoms with van der Waals surface area (Å²) < 4.78 is 5.67. The van der Waals surface area contributed by atoms with Gasteiger partial charge in [-0.15, -0.1) is 0 Å². The van der Waals surface area contributed by atoms with E-state index in [0.29, 0.717) is 28.1 Å². The topological polar surface area (TPSA) is 35.2 Å². The van der Waals surface area contributed by atoms with E-state index in [1.807, 2.05) is 31.2 Å². The molecular formula is C14H13Cl2NO. The van der Waals surface area contributed by atoms with Gasteiger partial charge in [0.2, 0.25) is 0 Å². The molecular weight excluding hydrogens is 269 g/mol. The van der Waals surface area contributed by atoms with E-state index in [0.717, 1.165) is 11.1 Å². The molecule has 2 aromatic rings. The van der Waals surface area contributed by atoms with Crippen molar-refractivity contribution in [2.45, 2.75) is 13.5 Å². The molecule has 0 aromatic heterocycles. The summed E-state index contributed by atoms with van der Waals surface area (Å²) in [6.45, 7) is 2.35. The minimum absolute atomic E-state index is 0.363. The van der Waals surface area contributed by atoms with Crippen molar-refractivity contribution in [2.24, 2.45) is 0 Å².